The van der Waals surface area contributed by atoms with E-state index in [2.05, 4.69) is 0 Å². The molecular weight excluding hydrogens is 278 g/mol. The van der Waals surface area contributed by atoms with Gasteiger partial charge in [-0.15, -0.1) is 0 Å². The van der Waals surface area contributed by atoms with Gasteiger partial charge in [0.05, 0.1) is 11.1 Å². The van der Waals surface area contributed by atoms with Crippen molar-refractivity contribution in [3.63, 3.8) is 0 Å². The van der Waals surface area contributed by atoms with Crippen molar-refractivity contribution in [1.82, 2.24) is 9.47 Å². The molecule has 0 radical (unpaired) electrons. The number of carbonyl (C=O) groups is 2. The molecule has 2 heterocycles. The molecule has 1 aromatic heterocycles. The van der Waals surface area contributed by atoms with E-state index in [-0.39, 0.29) is 11.4 Å². The van der Waals surface area contributed by atoms with E-state index in [4.69, 9.17) is 0 Å². The molecule has 8 nitrogen and oxygen atoms in total. The Kier molecular flexibility index (Phi) is 3.71. The molecule has 1 aromatic rings. The minimum atomic E-state index is -1.27. The van der Waals surface area contributed by atoms with E-state index >= 15 is 0 Å². The number of rotatable bonds is 3. The van der Waals surface area contributed by atoms with Gasteiger partial charge in [-0.25, -0.2) is 4.79 Å². The summed E-state index contributed by atoms with van der Waals surface area (Å²) >= 11 is 0. The van der Waals surface area contributed by atoms with Gasteiger partial charge in [0.15, 0.2) is 0 Å². The second-order valence-electron chi connectivity index (χ2n) is 5.44. The number of aryl methyl sites for hydroxylation is 1. The van der Waals surface area contributed by atoms with Crippen molar-refractivity contribution >= 4 is 17.6 Å². The number of amides is 1. The third kappa shape index (κ3) is 2.48. The number of carbonyl (C=O) groups excluding carboxylic acids is 1. The molecule has 1 saturated heterocycles. The van der Waals surface area contributed by atoms with Crippen molar-refractivity contribution in [2.24, 2.45) is 7.05 Å². The molecule has 1 unspecified atom stereocenters. The third-order valence-corrected chi connectivity index (χ3v) is 4.02. The van der Waals surface area contributed by atoms with E-state index < -0.39 is 22.3 Å². The van der Waals surface area contributed by atoms with Crippen molar-refractivity contribution in [2.75, 3.05) is 6.54 Å². The number of nitro groups is 1. The molecule has 1 aliphatic rings. The van der Waals surface area contributed by atoms with Gasteiger partial charge >= 0.3 is 5.97 Å². The molecule has 0 bridgehead atoms. The van der Waals surface area contributed by atoms with Crippen LogP contribution in [0.4, 0.5) is 5.69 Å². The number of carboxylic acid groups (broad SMARTS) is 1. The molecule has 1 aliphatic heterocycles. The highest BCUT2D eigenvalue weighted by Gasteiger charge is 2.44. The van der Waals surface area contributed by atoms with Gasteiger partial charge in [-0.3, -0.25) is 14.9 Å². The smallest absolute Gasteiger partial charge is 0.329 e. The molecular formula is C13H17N3O5. The maximum Gasteiger partial charge on any atom is 0.329 e. The summed E-state index contributed by atoms with van der Waals surface area (Å²) in [5.41, 5.74) is -1.33. The Morgan fingerprint density at radius 2 is 2.10 bits per heavy atom. The molecule has 1 fully saturated rings. The van der Waals surface area contributed by atoms with Gasteiger partial charge in [-0.2, -0.15) is 0 Å². The van der Waals surface area contributed by atoms with Gasteiger partial charge in [0.1, 0.15) is 11.2 Å². The summed E-state index contributed by atoms with van der Waals surface area (Å²) in [6.07, 6.45) is 3.08. The van der Waals surface area contributed by atoms with Crippen LogP contribution in [0.5, 0.6) is 0 Å². The number of hydrogen-bond acceptors (Lipinski definition) is 4. The van der Waals surface area contributed by atoms with Crippen LogP contribution >= 0.6 is 0 Å². The number of carboxylic acids is 1. The first-order valence-electron chi connectivity index (χ1n) is 6.63. The van der Waals surface area contributed by atoms with Crippen molar-refractivity contribution < 1.29 is 19.6 Å². The Bertz CT molecular complexity index is 609. The maximum absolute atomic E-state index is 12.6. The highest BCUT2D eigenvalue weighted by Crippen LogP contribution is 2.30. The molecule has 21 heavy (non-hydrogen) atoms. The number of hydrogen-bond donors (Lipinski definition) is 1. The first-order chi connectivity index (χ1) is 9.77. The Balaban J connectivity index is 2.38. The quantitative estimate of drug-likeness (QED) is 0.670. The Hall–Kier alpha value is -2.38. The first-order valence-corrected chi connectivity index (χ1v) is 6.63. The van der Waals surface area contributed by atoms with Crippen molar-refractivity contribution in [3.05, 3.63) is 28.1 Å². The van der Waals surface area contributed by atoms with Crippen LogP contribution in [-0.2, 0) is 11.8 Å². The minimum Gasteiger partial charge on any atom is -0.480 e. The second kappa shape index (κ2) is 5.19. The summed E-state index contributed by atoms with van der Waals surface area (Å²) in [5.74, 6) is -1.55. The predicted octanol–water partition coefficient (Wildman–Crippen LogP) is 1.40. The topological polar surface area (TPSA) is 106 Å². The second-order valence-corrected chi connectivity index (χ2v) is 5.44. The van der Waals surface area contributed by atoms with Crippen molar-refractivity contribution in [3.8, 4) is 0 Å². The van der Waals surface area contributed by atoms with Gasteiger partial charge in [-0.05, 0) is 26.2 Å². The number of nitrogens with zero attached hydrogens (tertiary/aromatic N) is 3. The number of aliphatic carboxylic acids is 1. The van der Waals surface area contributed by atoms with Crippen LogP contribution in [0, 0.1) is 10.1 Å². The van der Waals surface area contributed by atoms with Crippen LogP contribution < -0.4 is 0 Å². The van der Waals surface area contributed by atoms with E-state index in [1.807, 2.05) is 0 Å². The van der Waals surface area contributed by atoms with Crippen molar-refractivity contribution in [1.29, 1.82) is 0 Å². The van der Waals surface area contributed by atoms with Crippen LogP contribution in [0.25, 0.3) is 0 Å². The van der Waals surface area contributed by atoms with Crippen LogP contribution in [0.1, 0.15) is 36.7 Å². The fourth-order valence-electron chi connectivity index (χ4n) is 2.67. The highest BCUT2D eigenvalue weighted by molar-refractivity contribution is 5.97. The molecule has 1 atom stereocenters. The first kappa shape index (κ1) is 15.0. The molecule has 2 rings (SSSR count). The molecule has 114 valence electrons. The maximum atomic E-state index is 12.6. The van der Waals surface area contributed by atoms with Crippen LogP contribution in [0.2, 0.25) is 0 Å². The van der Waals surface area contributed by atoms with Crippen molar-refractivity contribution in [2.45, 2.75) is 31.7 Å². The zero-order valence-corrected chi connectivity index (χ0v) is 11.9. The minimum absolute atomic E-state index is 0.121. The fourth-order valence-corrected chi connectivity index (χ4v) is 2.67. The zero-order chi connectivity index (χ0) is 15.8. The van der Waals surface area contributed by atoms with E-state index in [0.717, 1.165) is 12.8 Å². The Morgan fingerprint density at radius 1 is 1.43 bits per heavy atom. The van der Waals surface area contributed by atoms with E-state index in [9.17, 15) is 24.8 Å². The lowest BCUT2D eigenvalue weighted by Crippen LogP contribution is -2.57. The van der Waals surface area contributed by atoms with Crippen LogP contribution in [0.3, 0.4) is 0 Å². The fraction of sp³-hybridized carbons (Fsp3) is 0.538. The summed E-state index contributed by atoms with van der Waals surface area (Å²) in [7, 11) is 1.53. The average molecular weight is 295 g/mol. The van der Waals surface area contributed by atoms with E-state index in [0.29, 0.717) is 13.0 Å². The van der Waals surface area contributed by atoms with Gasteiger partial charge in [0.25, 0.3) is 11.6 Å². The molecule has 0 aromatic carbocycles. The van der Waals surface area contributed by atoms with Gasteiger partial charge < -0.3 is 14.6 Å². The van der Waals surface area contributed by atoms with Gasteiger partial charge in [-0.1, -0.05) is 0 Å². The summed E-state index contributed by atoms with van der Waals surface area (Å²) in [6, 6.07) is 1.18. The van der Waals surface area contributed by atoms with E-state index in [1.54, 1.807) is 0 Å². The summed E-state index contributed by atoms with van der Waals surface area (Å²) in [5, 5.41) is 20.2. The number of piperidine rings is 1. The molecule has 0 spiro atoms. The van der Waals surface area contributed by atoms with Gasteiger partial charge in [0, 0.05) is 19.7 Å². The standard InChI is InChI=1S/C13H17N3O5/c1-13(12(18)19)5-3-4-6-15(13)11(17)10-7-9(16(20)21)8-14(10)2/h7-8H,3-6H2,1-2H3,(H,18,19). The Labute approximate surface area is 121 Å². The lowest BCUT2D eigenvalue weighted by atomic mass is 9.88. The summed E-state index contributed by atoms with van der Waals surface area (Å²) < 4.78 is 1.36. The molecule has 0 saturated carbocycles. The summed E-state index contributed by atoms with van der Waals surface area (Å²) in [6.45, 7) is 1.85. The molecule has 0 aliphatic carbocycles. The lowest BCUT2D eigenvalue weighted by molar-refractivity contribution is -0.384. The normalized spacial score (nSPS) is 22.1. The lowest BCUT2D eigenvalue weighted by Gasteiger charge is -2.41. The SMILES string of the molecule is Cn1cc([N+](=O)[O-])cc1C(=O)N1CCCCC1(C)C(=O)O. The van der Waals surface area contributed by atoms with Crippen LogP contribution in [0.15, 0.2) is 12.3 Å². The largest absolute Gasteiger partial charge is 0.480 e. The molecule has 1 N–H and O–H groups in total. The van der Waals surface area contributed by atoms with E-state index in [1.165, 1.54) is 35.7 Å². The zero-order valence-electron chi connectivity index (χ0n) is 11.9. The third-order valence-electron chi connectivity index (χ3n) is 4.02. The molecule has 1 amide bonds. The number of likely N-dealkylation sites (tertiary alicyclic amines) is 1. The predicted molar refractivity (Wildman–Crippen MR) is 73.0 cm³/mol. The van der Waals surface area contributed by atoms with Crippen LogP contribution in [-0.4, -0.2) is 43.5 Å². The monoisotopic (exact) mass is 295 g/mol. The Morgan fingerprint density at radius 3 is 2.62 bits per heavy atom. The molecule has 8 heteroatoms. The van der Waals surface area contributed by atoms with Gasteiger partial charge in [0.2, 0.25) is 0 Å². The average Bonchev–Trinajstić information content (AvgIpc) is 2.80. The summed E-state index contributed by atoms with van der Waals surface area (Å²) in [4.78, 5) is 35.6. The highest BCUT2D eigenvalue weighted by atomic mass is 16.6. The number of aromatic nitrogens is 1.